The summed E-state index contributed by atoms with van der Waals surface area (Å²) in [7, 11) is 0. The van der Waals surface area contributed by atoms with Gasteiger partial charge in [-0.3, -0.25) is 4.79 Å². The van der Waals surface area contributed by atoms with Gasteiger partial charge in [0, 0.05) is 17.7 Å². The van der Waals surface area contributed by atoms with Crippen LogP contribution in [0.5, 0.6) is 11.5 Å². The van der Waals surface area contributed by atoms with Gasteiger partial charge in [0.2, 0.25) is 0 Å². The molecule has 1 N–H and O–H groups in total. The van der Waals surface area contributed by atoms with E-state index in [-0.39, 0.29) is 12.5 Å². The van der Waals surface area contributed by atoms with Crippen LogP contribution in [0.15, 0.2) is 42.5 Å². The largest absolute Gasteiger partial charge is 0.493 e. The Bertz CT molecular complexity index is 716. The standard InChI is InChI=1S/C20H24ClNO3/c1-4-24-18-10-9-15(20(23)22-12-14(2)3)11-16(18)13-25-19-8-6-5-7-17(19)21/h5-11,14H,4,12-13H2,1-3H3,(H,22,23). The fourth-order valence-electron chi connectivity index (χ4n) is 2.25. The van der Waals surface area contributed by atoms with E-state index < -0.39 is 0 Å². The summed E-state index contributed by atoms with van der Waals surface area (Å²) in [5.41, 5.74) is 1.39. The molecule has 0 unspecified atom stereocenters. The molecule has 2 aromatic carbocycles. The molecule has 0 aliphatic carbocycles. The third-order valence-electron chi connectivity index (χ3n) is 3.51. The summed E-state index contributed by atoms with van der Waals surface area (Å²) in [5.74, 6) is 1.60. The summed E-state index contributed by atoms with van der Waals surface area (Å²) >= 11 is 6.12. The number of benzene rings is 2. The highest BCUT2D eigenvalue weighted by Gasteiger charge is 2.12. The van der Waals surface area contributed by atoms with Crippen LogP contribution in [0.3, 0.4) is 0 Å². The second-order valence-electron chi connectivity index (χ2n) is 6.08. The monoisotopic (exact) mass is 361 g/mol. The molecule has 2 aromatic rings. The molecule has 0 spiro atoms. The number of hydrogen-bond acceptors (Lipinski definition) is 3. The Balaban J connectivity index is 2.17. The molecule has 134 valence electrons. The van der Waals surface area contributed by atoms with E-state index in [9.17, 15) is 4.79 Å². The molecule has 0 heterocycles. The van der Waals surface area contributed by atoms with Crippen LogP contribution < -0.4 is 14.8 Å². The van der Waals surface area contributed by atoms with Gasteiger partial charge in [0.15, 0.2) is 0 Å². The number of ether oxygens (including phenoxy) is 2. The molecule has 1 amide bonds. The van der Waals surface area contributed by atoms with Gasteiger partial charge in [0.1, 0.15) is 18.1 Å². The smallest absolute Gasteiger partial charge is 0.251 e. The van der Waals surface area contributed by atoms with Gasteiger partial charge < -0.3 is 14.8 Å². The van der Waals surface area contributed by atoms with E-state index in [4.69, 9.17) is 21.1 Å². The predicted molar refractivity (Wildman–Crippen MR) is 101 cm³/mol. The van der Waals surface area contributed by atoms with Gasteiger partial charge in [-0.2, -0.15) is 0 Å². The van der Waals surface area contributed by atoms with Gasteiger partial charge in [-0.1, -0.05) is 37.6 Å². The van der Waals surface area contributed by atoms with E-state index in [2.05, 4.69) is 19.2 Å². The van der Waals surface area contributed by atoms with Crippen molar-refractivity contribution in [1.29, 1.82) is 0 Å². The van der Waals surface area contributed by atoms with Crippen molar-refractivity contribution < 1.29 is 14.3 Å². The SMILES string of the molecule is CCOc1ccc(C(=O)NCC(C)C)cc1COc1ccccc1Cl. The third kappa shape index (κ3) is 5.68. The maximum absolute atomic E-state index is 12.3. The number of para-hydroxylation sites is 1. The number of carbonyl (C=O) groups excluding carboxylic acids is 1. The van der Waals surface area contributed by atoms with Crippen LogP contribution in [0.1, 0.15) is 36.7 Å². The van der Waals surface area contributed by atoms with Crippen LogP contribution >= 0.6 is 11.6 Å². The van der Waals surface area contributed by atoms with Crippen LogP contribution in [0, 0.1) is 5.92 Å². The number of amides is 1. The van der Waals surface area contributed by atoms with Crippen molar-refractivity contribution in [3.05, 3.63) is 58.6 Å². The zero-order valence-corrected chi connectivity index (χ0v) is 15.6. The van der Waals surface area contributed by atoms with Gasteiger partial charge in [-0.25, -0.2) is 0 Å². The minimum absolute atomic E-state index is 0.101. The van der Waals surface area contributed by atoms with Gasteiger partial charge in [-0.05, 0) is 43.2 Å². The molecule has 2 rings (SSSR count). The van der Waals surface area contributed by atoms with Crippen LogP contribution in [0.25, 0.3) is 0 Å². The summed E-state index contributed by atoms with van der Waals surface area (Å²) in [4.78, 5) is 12.3. The highest BCUT2D eigenvalue weighted by molar-refractivity contribution is 6.32. The van der Waals surface area contributed by atoms with Crippen molar-refractivity contribution in [2.24, 2.45) is 5.92 Å². The average molecular weight is 362 g/mol. The molecule has 0 aliphatic heterocycles. The minimum Gasteiger partial charge on any atom is -0.493 e. The van der Waals surface area contributed by atoms with Crippen LogP contribution in [0.4, 0.5) is 0 Å². The first kappa shape index (κ1) is 19.1. The van der Waals surface area contributed by atoms with Gasteiger partial charge >= 0.3 is 0 Å². The second-order valence-corrected chi connectivity index (χ2v) is 6.49. The Labute approximate surface area is 154 Å². The summed E-state index contributed by atoms with van der Waals surface area (Å²) in [6.45, 7) is 7.48. The Morgan fingerprint density at radius 3 is 2.56 bits per heavy atom. The molecule has 5 heteroatoms. The van der Waals surface area contributed by atoms with Crippen molar-refractivity contribution in [2.75, 3.05) is 13.2 Å². The highest BCUT2D eigenvalue weighted by Crippen LogP contribution is 2.27. The third-order valence-corrected chi connectivity index (χ3v) is 3.83. The zero-order chi connectivity index (χ0) is 18.2. The highest BCUT2D eigenvalue weighted by atomic mass is 35.5. The number of carbonyl (C=O) groups is 1. The van der Waals surface area contributed by atoms with Crippen LogP contribution in [-0.2, 0) is 6.61 Å². The number of nitrogens with one attached hydrogen (secondary N) is 1. The summed E-state index contributed by atoms with van der Waals surface area (Å²) in [6, 6.07) is 12.7. The minimum atomic E-state index is -0.101. The molecule has 0 saturated heterocycles. The van der Waals surface area contributed by atoms with E-state index in [0.29, 0.717) is 41.2 Å². The molecule has 0 fully saturated rings. The number of halogens is 1. The molecule has 25 heavy (non-hydrogen) atoms. The van der Waals surface area contributed by atoms with Gasteiger partial charge in [0.25, 0.3) is 5.91 Å². The molecule has 0 aromatic heterocycles. The van der Waals surface area contributed by atoms with Crippen LogP contribution in [0.2, 0.25) is 5.02 Å². The van der Waals surface area contributed by atoms with E-state index in [1.165, 1.54) is 0 Å². The Kier molecular flexibility index (Phi) is 7.14. The summed E-state index contributed by atoms with van der Waals surface area (Å²) in [6.07, 6.45) is 0. The molecule has 0 bridgehead atoms. The number of rotatable bonds is 8. The fourth-order valence-corrected chi connectivity index (χ4v) is 2.44. The first-order valence-corrected chi connectivity index (χ1v) is 8.80. The van der Waals surface area contributed by atoms with Crippen molar-refractivity contribution in [1.82, 2.24) is 5.32 Å². The quantitative estimate of drug-likeness (QED) is 0.741. The average Bonchev–Trinajstić information content (AvgIpc) is 2.60. The summed E-state index contributed by atoms with van der Waals surface area (Å²) < 4.78 is 11.4. The van der Waals surface area contributed by atoms with Crippen molar-refractivity contribution in [3.8, 4) is 11.5 Å². The first-order chi connectivity index (χ1) is 12.0. The second kappa shape index (κ2) is 9.33. The topological polar surface area (TPSA) is 47.6 Å². The first-order valence-electron chi connectivity index (χ1n) is 8.42. The predicted octanol–water partition coefficient (Wildman–Crippen LogP) is 4.70. The van der Waals surface area contributed by atoms with E-state index in [0.717, 1.165) is 5.56 Å². The lowest BCUT2D eigenvalue weighted by Crippen LogP contribution is -2.27. The number of hydrogen-bond donors (Lipinski definition) is 1. The molecule has 4 nitrogen and oxygen atoms in total. The molecule has 0 saturated carbocycles. The maximum Gasteiger partial charge on any atom is 0.251 e. The lowest BCUT2D eigenvalue weighted by molar-refractivity contribution is 0.0949. The van der Waals surface area contributed by atoms with Crippen molar-refractivity contribution in [3.63, 3.8) is 0 Å². The maximum atomic E-state index is 12.3. The van der Waals surface area contributed by atoms with Gasteiger partial charge in [0.05, 0.1) is 11.6 Å². The lowest BCUT2D eigenvalue weighted by atomic mass is 10.1. The normalized spacial score (nSPS) is 10.6. The Morgan fingerprint density at radius 2 is 1.88 bits per heavy atom. The Hall–Kier alpha value is -2.20. The van der Waals surface area contributed by atoms with E-state index >= 15 is 0 Å². The molecule has 0 aliphatic rings. The zero-order valence-electron chi connectivity index (χ0n) is 14.8. The fraction of sp³-hybridized carbons (Fsp3) is 0.350. The molecular weight excluding hydrogens is 338 g/mol. The van der Waals surface area contributed by atoms with E-state index in [1.807, 2.05) is 25.1 Å². The molecule has 0 atom stereocenters. The van der Waals surface area contributed by atoms with E-state index in [1.54, 1.807) is 24.3 Å². The van der Waals surface area contributed by atoms with Crippen molar-refractivity contribution >= 4 is 17.5 Å². The van der Waals surface area contributed by atoms with Gasteiger partial charge in [-0.15, -0.1) is 0 Å². The lowest BCUT2D eigenvalue weighted by Gasteiger charge is -2.14. The molecule has 0 radical (unpaired) electrons. The molecular formula is C20H24ClNO3. The van der Waals surface area contributed by atoms with Crippen molar-refractivity contribution in [2.45, 2.75) is 27.4 Å². The van der Waals surface area contributed by atoms with Crippen LogP contribution in [-0.4, -0.2) is 19.1 Å². The summed E-state index contributed by atoms with van der Waals surface area (Å²) in [5, 5.41) is 3.47. The Morgan fingerprint density at radius 1 is 1.12 bits per heavy atom.